The number of anilines is 2. The normalized spacial score (nSPS) is 15.5. The third-order valence-corrected chi connectivity index (χ3v) is 9.65. The van der Waals surface area contributed by atoms with E-state index in [0.29, 0.717) is 63.3 Å². The lowest BCUT2D eigenvalue weighted by Crippen LogP contribution is -2.53. The van der Waals surface area contributed by atoms with Crippen LogP contribution >= 0.6 is 23.2 Å². The van der Waals surface area contributed by atoms with Crippen LogP contribution in [0.4, 0.5) is 11.4 Å². The van der Waals surface area contributed by atoms with Crippen molar-refractivity contribution in [1.82, 2.24) is 45.3 Å². The summed E-state index contributed by atoms with van der Waals surface area (Å²) in [6.07, 6.45) is 9.99. The second kappa shape index (κ2) is 17.2. The maximum absolute atomic E-state index is 14.2. The van der Waals surface area contributed by atoms with Crippen LogP contribution in [0.2, 0.25) is 10.0 Å². The summed E-state index contributed by atoms with van der Waals surface area (Å²) in [4.78, 5) is 54.1. The van der Waals surface area contributed by atoms with Crippen LogP contribution < -0.4 is 10.6 Å². The van der Waals surface area contributed by atoms with Crippen LogP contribution in [0.15, 0.2) is 110 Å². The second-order valence-corrected chi connectivity index (χ2v) is 13.7. The highest BCUT2D eigenvalue weighted by molar-refractivity contribution is 6.31. The Morgan fingerprint density at radius 1 is 0.719 bits per heavy atom. The first-order chi connectivity index (χ1) is 27.6. The summed E-state index contributed by atoms with van der Waals surface area (Å²) in [5.41, 5.74) is 4.12. The fourth-order valence-corrected chi connectivity index (χ4v) is 6.89. The number of carbonyl (C=O) groups is 4. The molecule has 0 saturated carbocycles. The minimum absolute atomic E-state index is 0.0637. The molecule has 2 unspecified atom stereocenters. The van der Waals surface area contributed by atoms with Crippen molar-refractivity contribution < 1.29 is 24.3 Å². The molecule has 6 aromatic rings. The Bertz CT molecular complexity index is 2470. The smallest absolute Gasteiger partial charge is 0.335 e. The summed E-state index contributed by atoms with van der Waals surface area (Å²) < 4.78 is 2.90. The highest BCUT2D eigenvalue weighted by Crippen LogP contribution is 2.35. The fourth-order valence-electron chi connectivity index (χ4n) is 6.53. The summed E-state index contributed by atoms with van der Waals surface area (Å²) in [5.74, 6) is -2.80. The number of halogens is 2. The van der Waals surface area contributed by atoms with E-state index >= 15 is 0 Å². The summed E-state index contributed by atoms with van der Waals surface area (Å²) in [7, 11) is 0. The Balaban J connectivity index is 1.12. The molecule has 2 atom stereocenters. The summed E-state index contributed by atoms with van der Waals surface area (Å²) in [6.45, 7) is 0.299. The van der Waals surface area contributed by atoms with Crippen LogP contribution in [0.3, 0.4) is 0 Å². The predicted molar refractivity (Wildman–Crippen MR) is 211 cm³/mol. The lowest BCUT2D eigenvalue weighted by Gasteiger charge is -2.40. The van der Waals surface area contributed by atoms with E-state index in [-0.39, 0.29) is 5.56 Å². The number of tetrazole rings is 2. The number of nitrogens with one attached hydrogen (secondary N) is 2. The van der Waals surface area contributed by atoms with Crippen molar-refractivity contribution in [2.24, 2.45) is 0 Å². The largest absolute Gasteiger partial charge is 0.478 e. The minimum atomic E-state index is -1.10. The number of amides is 3. The molecule has 0 radical (unpaired) electrons. The van der Waals surface area contributed by atoms with Gasteiger partial charge in [0, 0.05) is 57.2 Å². The Kier molecular flexibility index (Phi) is 11.5. The lowest BCUT2D eigenvalue weighted by atomic mass is 9.82. The third-order valence-electron chi connectivity index (χ3n) is 9.18. The predicted octanol–water partition coefficient (Wildman–Crippen LogP) is 5.72. The molecule has 1 aliphatic rings. The summed E-state index contributed by atoms with van der Waals surface area (Å²) in [6, 6.07) is 22.1. The van der Waals surface area contributed by atoms with E-state index in [1.165, 1.54) is 63.3 Å². The van der Waals surface area contributed by atoms with Crippen LogP contribution in [0.1, 0.15) is 45.8 Å². The van der Waals surface area contributed by atoms with Crippen LogP contribution in [0, 0.1) is 0 Å². The number of carboxylic acids is 1. The highest BCUT2D eigenvalue weighted by Gasteiger charge is 2.39. The first-order valence-corrected chi connectivity index (χ1v) is 18.2. The van der Waals surface area contributed by atoms with E-state index in [2.05, 4.69) is 41.7 Å². The average molecular weight is 805 g/mol. The van der Waals surface area contributed by atoms with E-state index in [4.69, 9.17) is 23.2 Å². The van der Waals surface area contributed by atoms with Crippen LogP contribution in [-0.4, -0.2) is 86.7 Å². The van der Waals surface area contributed by atoms with Gasteiger partial charge in [0.05, 0.1) is 16.9 Å². The monoisotopic (exact) mass is 803 g/mol. The molecule has 4 aromatic carbocycles. The van der Waals surface area contributed by atoms with Crippen LogP contribution in [-0.2, 0) is 14.4 Å². The van der Waals surface area contributed by atoms with Gasteiger partial charge in [0.15, 0.2) is 0 Å². The number of piperidine rings is 1. The van der Waals surface area contributed by atoms with E-state index in [9.17, 15) is 24.3 Å². The van der Waals surface area contributed by atoms with Gasteiger partial charge in [-0.1, -0.05) is 35.3 Å². The number of likely N-dealkylation sites (tertiary alicyclic amines) is 1. The van der Waals surface area contributed by atoms with Crippen molar-refractivity contribution >= 4 is 70.4 Å². The van der Waals surface area contributed by atoms with Crippen molar-refractivity contribution in [3.05, 3.63) is 142 Å². The van der Waals surface area contributed by atoms with Gasteiger partial charge in [0.1, 0.15) is 18.7 Å². The Morgan fingerprint density at radius 2 is 1.28 bits per heavy atom. The molecule has 18 heteroatoms. The van der Waals surface area contributed by atoms with Gasteiger partial charge < -0.3 is 20.6 Å². The number of benzene rings is 4. The van der Waals surface area contributed by atoms with Gasteiger partial charge in [-0.15, -0.1) is 10.2 Å². The summed E-state index contributed by atoms with van der Waals surface area (Å²) in [5, 5.41) is 38.5. The lowest BCUT2D eigenvalue weighted by molar-refractivity contribution is -0.137. The first-order valence-electron chi connectivity index (χ1n) is 17.4. The third kappa shape index (κ3) is 9.09. The van der Waals surface area contributed by atoms with Crippen molar-refractivity contribution in [3.8, 4) is 11.4 Å². The van der Waals surface area contributed by atoms with Gasteiger partial charge in [-0.25, -0.2) is 4.79 Å². The molecule has 1 aliphatic heterocycles. The molecule has 1 fully saturated rings. The number of carboxylic acid groups (broad SMARTS) is 1. The fraction of sp³-hybridized carbons (Fsp3) is 0.128. The molecule has 3 heterocycles. The SMILES string of the molecule is O=C(C=Cc1cc(Cl)ccc1-n1cnnn1)Nc1ccc(C2CCCN(C(=O)C=Cc3cc(Cl)ccc3-n3cnnn3)C2C(=O)Nc2ccc(C(=O)O)cc2)cc1. The number of nitrogens with zero attached hydrogens (tertiary/aromatic N) is 9. The van der Waals surface area contributed by atoms with Gasteiger partial charge in [-0.3, -0.25) is 14.4 Å². The zero-order valence-corrected chi connectivity index (χ0v) is 31.2. The van der Waals surface area contributed by atoms with Crippen molar-refractivity contribution in [3.63, 3.8) is 0 Å². The Hall–Kier alpha value is -7.04. The van der Waals surface area contributed by atoms with E-state index in [1.54, 1.807) is 60.7 Å². The molecule has 3 N–H and O–H groups in total. The first kappa shape index (κ1) is 38.2. The van der Waals surface area contributed by atoms with Crippen LogP contribution in [0.5, 0.6) is 0 Å². The number of rotatable bonds is 11. The average Bonchev–Trinajstić information content (AvgIpc) is 3.96. The van der Waals surface area contributed by atoms with E-state index < -0.39 is 35.7 Å². The van der Waals surface area contributed by atoms with Gasteiger partial charge in [0.2, 0.25) is 17.7 Å². The maximum Gasteiger partial charge on any atom is 0.335 e. The highest BCUT2D eigenvalue weighted by atomic mass is 35.5. The maximum atomic E-state index is 14.2. The molecule has 7 rings (SSSR count). The number of hydrogen-bond donors (Lipinski definition) is 3. The number of aromatic carboxylic acids is 1. The molecule has 0 aliphatic carbocycles. The Morgan fingerprint density at radius 3 is 1.84 bits per heavy atom. The standard InChI is InChI=1S/C39H31Cl2N11O5/c40-28-9-15-33(51-22-42-46-48-51)26(20-28)7-17-35(53)44-30-11-3-24(4-12-30)32-2-1-19-50(37(32)38(55)45-31-13-5-25(6-14-31)39(56)57)36(54)18-8-27-21-29(41)10-16-34(27)52-23-43-47-49-52/h3-18,20-23,32,37H,1-2,19H2,(H,44,53)(H,45,55)(H,56,57). The van der Waals surface area contributed by atoms with Crippen LogP contribution in [0.25, 0.3) is 23.5 Å². The minimum Gasteiger partial charge on any atom is -0.478 e. The number of hydrogen-bond acceptors (Lipinski definition) is 10. The van der Waals surface area contributed by atoms with Gasteiger partial charge in [-0.05, 0) is 124 Å². The molecule has 57 heavy (non-hydrogen) atoms. The molecular formula is C39H31Cl2N11O5. The van der Waals surface area contributed by atoms with E-state index in [0.717, 1.165) is 5.56 Å². The number of carbonyl (C=O) groups excluding carboxylic acids is 3. The Labute approximate surface area is 334 Å². The van der Waals surface area contributed by atoms with Gasteiger partial charge in [-0.2, -0.15) is 9.36 Å². The molecular weight excluding hydrogens is 773 g/mol. The second-order valence-electron chi connectivity index (χ2n) is 12.8. The molecule has 3 amide bonds. The molecule has 2 aromatic heterocycles. The van der Waals surface area contributed by atoms with Crippen molar-refractivity contribution in [1.29, 1.82) is 0 Å². The topological polar surface area (TPSA) is 203 Å². The molecule has 0 bridgehead atoms. The quantitative estimate of drug-likeness (QED) is 0.135. The van der Waals surface area contributed by atoms with Crippen molar-refractivity contribution in [2.75, 3.05) is 17.2 Å². The zero-order chi connectivity index (χ0) is 39.9. The molecule has 1 saturated heterocycles. The molecule has 16 nitrogen and oxygen atoms in total. The summed E-state index contributed by atoms with van der Waals surface area (Å²) >= 11 is 12.5. The van der Waals surface area contributed by atoms with E-state index in [1.807, 2.05) is 12.1 Å². The molecule has 0 spiro atoms. The van der Waals surface area contributed by atoms with Gasteiger partial charge in [0.25, 0.3) is 0 Å². The van der Waals surface area contributed by atoms with Crippen molar-refractivity contribution in [2.45, 2.75) is 24.8 Å². The molecule has 286 valence electrons. The number of aromatic nitrogens is 8. The van der Waals surface area contributed by atoms with Gasteiger partial charge >= 0.3 is 5.97 Å². The zero-order valence-electron chi connectivity index (χ0n) is 29.7.